The van der Waals surface area contributed by atoms with Gasteiger partial charge in [0.2, 0.25) is 10.0 Å². The van der Waals surface area contributed by atoms with Crippen LogP contribution in [0.4, 0.5) is 0 Å². The van der Waals surface area contributed by atoms with E-state index in [-0.39, 0.29) is 6.04 Å². The van der Waals surface area contributed by atoms with Gasteiger partial charge in [0, 0.05) is 17.5 Å². The SMILES string of the molecule is O=S(=O)(c1cc(CCl)sc1Br)N1CCCC2CCCCC21. The number of thiophene rings is 1. The molecule has 0 amide bonds. The molecule has 1 aliphatic heterocycles. The monoisotopic (exact) mass is 411 g/mol. The minimum Gasteiger partial charge on any atom is -0.207 e. The first kappa shape index (κ1) is 16.2. The van der Waals surface area contributed by atoms with Crippen LogP contribution >= 0.6 is 38.9 Å². The highest BCUT2D eigenvalue weighted by Gasteiger charge is 2.40. The molecule has 0 aromatic carbocycles. The Morgan fingerprint density at radius 2 is 2.00 bits per heavy atom. The normalized spacial score (nSPS) is 27.5. The summed E-state index contributed by atoms with van der Waals surface area (Å²) in [5.41, 5.74) is 0. The summed E-state index contributed by atoms with van der Waals surface area (Å²) in [5.74, 6) is 0.900. The zero-order valence-corrected chi connectivity index (χ0v) is 15.7. The summed E-state index contributed by atoms with van der Waals surface area (Å²) in [6.07, 6.45) is 6.72. The van der Waals surface area contributed by atoms with Crippen molar-refractivity contribution >= 4 is 48.9 Å². The zero-order chi connectivity index (χ0) is 15.0. The molecule has 3 nitrogen and oxygen atoms in total. The van der Waals surface area contributed by atoms with Crippen LogP contribution in [-0.4, -0.2) is 25.3 Å². The molecule has 1 aromatic heterocycles. The molecular formula is C14H19BrClNO2S2. The van der Waals surface area contributed by atoms with Crippen molar-refractivity contribution in [3.05, 3.63) is 14.7 Å². The Morgan fingerprint density at radius 3 is 2.71 bits per heavy atom. The third-order valence-electron chi connectivity index (χ3n) is 4.62. The molecule has 1 saturated heterocycles. The molecule has 7 heteroatoms. The molecule has 1 saturated carbocycles. The Kier molecular flexibility index (Phi) is 5.01. The van der Waals surface area contributed by atoms with Gasteiger partial charge < -0.3 is 0 Å². The van der Waals surface area contributed by atoms with Gasteiger partial charge >= 0.3 is 0 Å². The Hall–Kier alpha value is 0.380. The van der Waals surface area contributed by atoms with Crippen molar-refractivity contribution in [2.75, 3.05) is 6.54 Å². The minimum atomic E-state index is -3.41. The van der Waals surface area contributed by atoms with Crippen molar-refractivity contribution in [3.63, 3.8) is 0 Å². The maximum Gasteiger partial charge on any atom is 0.245 e. The molecule has 2 aliphatic rings. The molecular weight excluding hydrogens is 394 g/mol. The van der Waals surface area contributed by atoms with Crippen LogP contribution in [0.2, 0.25) is 0 Å². The molecule has 2 atom stereocenters. The van der Waals surface area contributed by atoms with Gasteiger partial charge in [0.05, 0.1) is 9.67 Å². The standard InChI is InChI=1S/C14H19BrClNO2S2/c15-14-13(8-11(9-16)20-14)21(18,19)17-7-3-5-10-4-1-2-6-12(10)17/h8,10,12H,1-7,9H2. The lowest BCUT2D eigenvalue weighted by Crippen LogP contribution is -2.49. The van der Waals surface area contributed by atoms with Gasteiger partial charge in [-0.3, -0.25) is 0 Å². The van der Waals surface area contributed by atoms with Gasteiger partial charge in [-0.25, -0.2) is 8.42 Å². The summed E-state index contributed by atoms with van der Waals surface area (Å²) in [5, 5.41) is 0. The summed E-state index contributed by atoms with van der Waals surface area (Å²) < 4.78 is 28.5. The number of hydrogen-bond acceptors (Lipinski definition) is 3. The number of piperidine rings is 1. The molecule has 0 spiro atoms. The third kappa shape index (κ3) is 3.07. The zero-order valence-electron chi connectivity index (χ0n) is 11.7. The Labute approximate surface area is 143 Å². The maximum atomic E-state index is 13.1. The smallest absolute Gasteiger partial charge is 0.207 e. The second-order valence-electron chi connectivity index (χ2n) is 5.85. The van der Waals surface area contributed by atoms with Gasteiger partial charge in [-0.15, -0.1) is 22.9 Å². The van der Waals surface area contributed by atoms with Crippen molar-refractivity contribution in [2.24, 2.45) is 5.92 Å². The van der Waals surface area contributed by atoms with E-state index in [9.17, 15) is 8.42 Å². The van der Waals surface area contributed by atoms with Gasteiger partial charge in [-0.2, -0.15) is 4.31 Å². The lowest BCUT2D eigenvalue weighted by molar-refractivity contribution is 0.129. The van der Waals surface area contributed by atoms with E-state index < -0.39 is 10.0 Å². The summed E-state index contributed by atoms with van der Waals surface area (Å²) >= 11 is 10.7. The van der Waals surface area contributed by atoms with E-state index in [1.54, 1.807) is 10.4 Å². The predicted octanol–water partition coefficient (Wildman–Crippen LogP) is 4.59. The van der Waals surface area contributed by atoms with E-state index in [1.807, 2.05) is 0 Å². The molecule has 1 aliphatic carbocycles. The van der Waals surface area contributed by atoms with Crippen molar-refractivity contribution in [1.29, 1.82) is 0 Å². The number of fused-ring (bicyclic) bond motifs is 1. The van der Waals surface area contributed by atoms with Crippen LogP contribution in [0.25, 0.3) is 0 Å². The number of halogens is 2. The van der Waals surface area contributed by atoms with Crippen LogP contribution in [-0.2, 0) is 15.9 Å². The van der Waals surface area contributed by atoms with E-state index in [2.05, 4.69) is 15.9 Å². The van der Waals surface area contributed by atoms with Gasteiger partial charge in [-0.05, 0) is 53.6 Å². The van der Waals surface area contributed by atoms with E-state index in [4.69, 9.17) is 11.6 Å². The summed E-state index contributed by atoms with van der Waals surface area (Å²) in [6, 6.07) is 1.92. The highest BCUT2D eigenvalue weighted by Crippen LogP contribution is 2.41. The molecule has 0 radical (unpaired) electrons. The van der Waals surface area contributed by atoms with Crippen molar-refractivity contribution in [1.82, 2.24) is 4.31 Å². The number of alkyl halides is 1. The van der Waals surface area contributed by atoms with E-state index in [0.29, 0.717) is 27.0 Å². The van der Waals surface area contributed by atoms with Crippen LogP contribution in [0.15, 0.2) is 14.7 Å². The van der Waals surface area contributed by atoms with Crippen LogP contribution in [0.5, 0.6) is 0 Å². The van der Waals surface area contributed by atoms with Crippen molar-refractivity contribution in [3.8, 4) is 0 Å². The van der Waals surface area contributed by atoms with Gasteiger partial charge in [0.25, 0.3) is 0 Å². The number of hydrogen-bond donors (Lipinski definition) is 0. The molecule has 118 valence electrons. The van der Waals surface area contributed by atoms with Crippen LogP contribution in [0, 0.1) is 5.92 Å². The Balaban J connectivity index is 1.94. The molecule has 2 heterocycles. The second-order valence-corrected chi connectivity index (χ2v) is 10.4. The second kappa shape index (κ2) is 6.48. The highest BCUT2D eigenvalue weighted by molar-refractivity contribution is 9.11. The van der Waals surface area contributed by atoms with Gasteiger partial charge in [0.1, 0.15) is 4.90 Å². The van der Waals surface area contributed by atoms with E-state index >= 15 is 0 Å². The lowest BCUT2D eigenvalue weighted by Gasteiger charge is -2.43. The minimum absolute atomic E-state index is 0.198. The first-order chi connectivity index (χ1) is 10.0. The first-order valence-corrected chi connectivity index (χ1v) is 11.0. The lowest BCUT2D eigenvalue weighted by atomic mass is 9.79. The van der Waals surface area contributed by atoms with Gasteiger partial charge in [0.15, 0.2) is 0 Å². The fraction of sp³-hybridized carbons (Fsp3) is 0.714. The van der Waals surface area contributed by atoms with Crippen LogP contribution < -0.4 is 0 Å². The Morgan fingerprint density at radius 1 is 1.29 bits per heavy atom. The molecule has 2 fully saturated rings. The number of sulfonamides is 1. The maximum absolute atomic E-state index is 13.1. The molecule has 0 N–H and O–H groups in total. The molecule has 1 aromatic rings. The summed E-state index contributed by atoms with van der Waals surface area (Å²) in [4.78, 5) is 1.29. The average Bonchev–Trinajstić information content (AvgIpc) is 2.88. The Bertz CT molecular complexity index is 614. The quantitative estimate of drug-likeness (QED) is 0.681. The van der Waals surface area contributed by atoms with Crippen molar-refractivity contribution in [2.45, 2.75) is 55.3 Å². The topological polar surface area (TPSA) is 37.4 Å². The predicted molar refractivity (Wildman–Crippen MR) is 90.4 cm³/mol. The van der Waals surface area contributed by atoms with Crippen LogP contribution in [0.3, 0.4) is 0 Å². The molecule has 2 unspecified atom stereocenters. The third-order valence-corrected chi connectivity index (χ3v) is 9.24. The number of nitrogens with zero attached hydrogens (tertiary/aromatic N) is 1. The van der Waals surface area contributed by atoms with Crippen LogP contribution in [0.1, 0.15) is 43.4 Å². The molecule has 3 rings (SSSR count). The summed E-state index contributed by atoms with van der Waals surface area (Å²) in [7, 11) is -3.41. The summed E-state index contributed by atoms with van der Waals surface area (Å²) in [6.45, 7) is 0.655. The first-order valence-electron chi connectivity index (χ1n) is 7.40. The molecule has 21 heavy (non-hydrogen) atoms. The molecule has 0 bridgehead atoms. The largest absolute Gasteiger partial charge is 0.245 e. The van der Waals surface area contributed by atoms with E-state index in [0.717, 1.165) is 24.1 Å². The average molecular weight is 413 g/mol. The fourth-order valence-corrected chi connectivity index (χ4v) is 8.12. The number of rotatable bonds is 3. The van der Waals surface area contributed by atoms with E-state index in [1.165, 1.54) is 30.6 Å². The van der Waals surface area contributed by atoms with Crippen molar-refractivity contribution < 1.29 is 8.42 Å². The highest BCUT2D eigenvalue weighted by atomic mass is 79.9. The van der Waals surface area contributed by atoms with Gasteiger partial charge in [-0.1, -0.05) is 12.8 Å². The fourth-order valence-electron chi connectivity index (χ4n) is 3.64.